The maximum absolute atomic E-state index is 12.5. The van der Waals surface area contributed by atoms with E-state index >= 15 is 0 Å². The van der Waals surface area contributed by atoms with Crippen LogP contribution in [-0.2, 0) is 0 Å². The lowest BCUT2D eigenvalue weighted by Crippen LogP contribution is -2.22. The van der Waals surface area contributed by atoms with E-state index in [9.17, 15) is 24.5 Å². The highest BCUT2D eigenvalue weighted by molar-refractivity contribution is 6.67. The fraction of sp³-hybridized carbons (Fsp3) is 0. The van der Waals surface area contributed by atoms with Gasteiger partial charge in [0, 0.05) is 28.3 Å². The number of rotatable bonds is 2. The third kappa shape index (κ3) is 1.93. The van der Waals surface area contributed by atoms with Gasteiger partial charge >= 0.3 is 0 Å². The predicted molar refractivity (Wildman–Crippen MR) is 76.6 cm³/mol. The van der Waals surface area contributed by atoms with Crippen molar-refractivity contribution in [2.24, 2.45) is 0 Å². The van der Waals surface area contributed by atoms with Gasteiger partial charge in [-0.15, -0.1) is 0 Å². The fourth-order valence-corrected chi connectivity index (χ4v) is 2.57. The summed E-state index contributed by atoms with van der Waals surface area (Å²) in [6.45, 7) is 0. The van der Waals surface area contributed by atoms with E-state index in [0.29, 0.717) is 0 Å². The van der Waals surface area contributed by atoms with Crippen LogP contribution < -0.4 is 0 Å². The zero-order chi connectivity index (χ0) is 16.0. The van der Waals surface area contributed by atoms with Crippen molar-refractivity contribution in [3.63, 3.8) is 0 Å². The number of ketones is 2. The van der Waals surface area contributed by atoms with Crippen LogP contribution in [0.3, 0.4) is 0 Å². The van der Waals surface area contributed by atoms with Gasteiger partial charge in [-0.1, -0.05) is 6.07 Å². The van der Waals surface area contributed by atoms with Gasteiger partial charge in [0.05, 0.1) is 4.92 Å². The molecule has 3 rings (SSSR count). The molecule has 0 N–H and O–H groups in total. The van der Waals surface area contributed by atoms with Gasteiger partial charge in [-0.25, -0.2) is 0 Å². The first kappa shape index (κ1) is 14.1. The molecule has 22 heavy (non-hydrogen) atoms. The molecule has 0 saturated heterocycles. The largest absolute Gasteiger partial charge is 0.289 e. The van der Waals surface area contributed by atoms with Crippen LogP contribution in [0.1, 0.15) is 42.2 Å². The second kappa shape index (κ2) is 4.85. The van der Waals surface area contributed by atoms with E-state index in [1.807, 2.05) is 0 Å². The highest BCUT2D eigenvalue weighted by atomic mass is 35.5. The summed E-state index contributed by atoms with van der Waals surface area (Å²) in [5, 5.41) is 10.3. The minimum absolute atomic E-state index is 0.0170. The number of fused-ring (bicyclic) bond motifs is 2. The molecule has 0 saturated carbocycles. The Morgan fingerprint density at radius 3 is 2.36 bits per heavy atom. The minimum atomic E-state index is -0.781. The van der Waals surface area contributed by atoms with E-state index < -0.39 is 27.4 Å². The smallest absolute Gasteiger partial charge is 0.281 e. The molecule has 0 fully saturated rings. The number of nitro benzene ring substituents is 1. The summed E-state index contributed by atoms with van der Waals surface area (Å²) < 4.78 is 0. The second-order valence-electron chi connectivity index (χ2n) is 4.65. The summed E-state index contributed by atoms with van der Waals surface area (Å²) in [5.41, 5.74) is -0.633. The molecule has 1 aliphatic carbocycles. The lowest BCUT2D eigenvalue weighted by Gasteiger charge is -2.17. The van der Waals surface area contributed by atoms with Crippen molar-refractivity contribution in [3.05, 3.63) is 74.3 Å². The molecule has 2 aromatic carbocycles. The standard InChI is InChI=1S/C15H6ClNO5/c16-15(20)7-4-5-8-10(6-7)14(19)12-9(13(8)18)2-1-3-11(12)17(21)22/h1-6H. The summed E-state index contributed by atoms with van der Waals surface area (Å²) >= 11 is 5.37. The molecule has 0 aromatic heterocycles. The number of halogens is 1. The van der Waals surface area contributed by atoms with Gasteiger partial charge in [-0.3, -0.25) is 24.5 Å². The third-order valence-electron chi connectivity index (χ3n) is 3.45. The Morgan fingerprint density at radius 1 is 1.00 bits per heavy atom. The monoisotopic (exact) mass is 315 g/mol. The van der Waals surface area contributed by atoms with Gasteiger partial charge in [0.15, 0.2) is 5.78 Å². The number of carbonyl (C=O) groups excluding carboxylic acids is 3. The van der Waals surface area contributed by atoms with Crippen molar-refractivity contribution in [1.29, 1.82) is 0 Å². The van der Waals surface area contributed by atoms with Crippen molar-refractivity contribution in [2.75, 3.05) is 0 Å². The van der Waals surface area contributed by atoms with Crippen LogP contribution in [0.15, 0.2) is 36.4 Å². The Morgan fingerprint density at radius 2 is 1.73 bits per heavy atom. The van der Waals surface area contributed by atoms with Crippen molar-refractivity contribution < 1.29 is 19.3 Å². The summed E-state index contributed by atoms with van der Waals surface area (Å²) in [6, 6.07) is 7.72. The maximum atomic E-state index is 12.5. The Labute approximate surface area is 128 Å². The Balaban J connectivity index is 2.31. The number of hydrogen-bond donors (Lipinski definition) is 0. The van der Waals surface area contributed by atoms with Crippen LogP contribution in [0.2, 0.25) is 0 Å². The van der Waals surface area contributed by atoms with Crippen molar-refractivity contribution in [2.45, 2.75) is 0 Å². The van der Waals surface area contributed by atoms with Gasteiger partial charge in [-0.05, 0) is 35.9 Å². The molecule has 0 unspecified atom stereocenters. The topological polar surface area (TPSA) is 94.3 Å². The van der Waals surface area contributed by atoms with Crippen molar-refractivity contribution in [3.8, 4) is 0 Å². The number of nitro groups is 1. The summed E-state index contributed by atoms with van der Waals surface area (Å²) in [6.07, 6.45) is 0. The number of carbonyl (C=O) groups is 3. The van der Waals surface area contributed by atoms with Gasteiger partial charge in [0.2, 0.25) is 5.78 Å². The Bertz CT molecular complexity index is 887. The number of nitrogens with zero attached hydrogens (tertiary/aromatic N) is 1. The van der Waals surface area contributed by atoms with Crippen LogP contribution in [0.4, 0.5) is 5.69 Å². The molecule has 6 nitrogen and oxygen atoms in total. The molecular weight excluding hydrogens is 310 g/mol. The average molecular weight is 316 g/mol. The molecule has 0 spiro atoms. The molecule has 0 bridgehead atoms. The molecular formula is C15H6ClNO5. The molecule has 108 valence electrons. The maximum Gasteiger partial charge on any atom is 0.281 e. The Hall–Kier alpha value is -2.86. The average Bonchev–Trinajstić information content (AvgIpc) is 2.51. The molecule has 0 atom stereocenters. The number of hydrogen-bond acceptors (Lipinski definition) is 5. The number of benzene rings is 2. The van der Waals surface area contributed by atoms with Crippen molar-refractivity contribution >= 4 is 34.1 Å². The highest BCUT2D eigenvalue weighted by Gasteiger charge is 2.35. The van der Waals surface area contributed by atoms with Gasteiger partial charge in [0.25, 0.3) is 10.9 Å². The first-order chi connectivity index (χ1) is 10.4. The lowest BCUT2D eigenvalue weighted by molar-refractivity contribution is -0.385. The van der Waals surface area contributed by atoms with Crippen LogP contribution in [0.5, 0.6) is 0 Å². The second-order valence-corrected chi connectivity index (χ2v) is 4.99. The summed E-state index contributed by atoms with van der Waals surface area (Å²) in [7, 11) is 0. The first-order valence-electron chi connectivity index (χ1n) is 6.12. The summed E-state index contributed by atoms with van der Waals surface area (Å²) in [4.78, 5) is 46.5. The van der Waals surface area contributed by atoms with E-state index in [1.54, 1.807) is 0 Å². The van der Waals surface area contributed by atoms with Crippen LogP contribution in [0.25, 0.3) is 0 Å². The zero-order valence-corrected chi connectivity index (χ0v) is 11.6. The molecule has 1 aliphatic rings. The summed E-state index contributed by atoms with van der Waals surface area (Å²) in [5.74, 6) is -1.17. The van der Waals surface area contributed by atoms with E-state index in [1.165, 1.54) is 30.3 Å². The van der Waals surface area contributed by atoms with E-state index in [-0.39, 0.29) is 27.8 Å². The predicted octanol–water partition coefficient (Wildman–Crippen LogP) is 2.75. The van der Waals surface area contributed by atoms with Crippen LogP contribution in [0, 0.1) is 10.1 Å². The van der Waals surface area contributed by atoms with Crippen LogP contribution in [-0.4, -0.2) is 21.7 Å². The lowest BCUT2D eigenvalue weighted by atomic mass is 9.82. The quantitative estimate of drug-likeness (QED) is 0.411. The highest BCUT2D eigenvalue weighted by Crippen LogP contribution is 2.33. The van der Waals surface area contributed by atoms with Gasteiger partial charge in [-0.2, -0.15) is 0 Å². The van der Waals surface area contributed by atoms with E-state index in [4.69, 9.17) is 11.6 Å². The third-order valence-corrected chi connectivity index (χ3v) is 3.66. The van der Waals surface area contributed by atoms with E-state index in [2.05, 4.69) is 0 Å². The SMILES string of the molecule is O=C(Cl)c1ccc2c(c1)C(=O)c1c(cccc1[N+](=O)[O-])C2=O. The molecule has 0 heterocycles. The normalized spacial score (nSPS) is 12.6. The molecule has 0 aliphatic heterocycles. The molecule has 0 radical (unpaired) electrons. The fourth-order valence-electron chi connectivity index (χ4n) is 2.45. The zero-order valence-electron chi connectivity index (χ0n) is 10.8. The molecule has 2 aromatic rings. The van der Waals surface area contributed by atoms with E-state index in [0.717, 1.165) is 6.07 Å². The molecule has 0 amide bonds. The first-order valence-corrected chi connectivity index (χ1v) is 6.50. The minimum Gasteiger partial charge on any atom is -0.289 e. The van der Waals surface area contributed by atoms with Crippen molar-refractivity contribution in [1.82, 2.24) is 0 Å². The van der Waals surface area contributed by atoms with Gasteiger partial charge in [0.1, 0.15) is 5.56 Å². The van der Waals surface area contributed by atoms with Crippen LogP contribution >= 0.6 is 11.6 Å². The Kier molecular flexibility index (Phi) is 3.11. The molecule has 7 heteroatoms. The van der Waals surface area contributed by atoms with Gasteiger partial charge < -0.3 is 0 Å².